The Morgan fingerprint density at radius 1 is 1.24 bits per heavy atom. The fourth-order valence-electron chi connectivity index (χ4n) is 2.95. The quantitative estimate of drug-likeness (QED) is 0.907. The van der Waals surface area contributed by atoms with Crippen LogP contribution in [0.2, 0.25) is 0 Å². The van der Waals surface area contributed by atoms with E-state index in [9.17, 15) is 9.18 Å². The van der Waals surface area contributed by atoms with Crippen molar-refractivity contribution < 1.29 is 9.18 Å². The molecule has 0 fully saturated rings. The molecule has 0 aliphatic heterocycles. The third-order valence-electron chi connectivity index (χ3n) is 3.97. The molecule has 1 aliphatic rings. The maximum atomic E-state index is 13.3. The van der Waals surface area contributed by atoms with Crippen molar-refractivity contribution in [1.29, 1.82) is 0 Å². The van der Waals surface area contributed by atoms with E-state index in [1.54, 1.807) is 12.1 Å². The lowest BCUT2D eigenvalue weighted by Crippen LogP contribution is -2.35. The summed E-state index contributed by atoms with van der Waals surface area (Å²) in [6, 6.07) is 13.7. The zero-order valence-electron chi connectivity index (χ0n) is 11.6. The van der Waals surface area contributed by atoms with E-state index < -0.39 is 11.9 Å². The number of fused-ring (bicyclic) bond motifs is 1. The predicted octanol–water partition coefficient (Wildman–Crippen LogP) is 2.63. The molecule has 0 aromatic heterocycles. The molecular formula is C17H17FN2O. The highest BCUT2D eigenvalue weighted by Crippen LogP contribution is 2.33. The molecule has 1 aliphatic carbocycles. The van der Waals surface area contributed by atoms with Crippen LogP contribution in [-0.2, 0) is 11.2 Å². The van der Waals surface area contributed by atoms with Crippen molar-refractivity contribution in [1.82, 2.24) is 5.32 Å². The van der Waals surface area contributed by atoms with Crippen LogP contribution in [0.1, 0.15) is 35.2 Å². The summed E-state index contributed by atoms with van der Waals surface area (Å²) in [4.78, 5) is 11.8. The first-order valence-electron chi connectivity index (χ1n) is 7.04. The second-order valence-corrected chi connectivity index (χ2v) is 5.35. The van der Waals surface area contributed by atoms with Crippen LogP contribution in [0.5, 0.6) is 0 Å². The zero-order valence-corrected chi connectivity index (χ0v) is 11.6. The van der Waals surface area contributed by atoms with E-state index in [4.69, 9.17) is 5.73 Å². The summed E-state index contributed by atoms with van der Waals surface area (Å²) >= 11 is 0. The van der Waals surface area contributed by atoms with E-state index in [2.05, 4.69) is 5.32 Å². The zero-order chi connectivity index (χ0) is 14.8. The van der Waals surface area contributed by atoms with Gasteiger partial charge in [0.2, 0.25) is 5.91 Å². The van der Waals surface area contributed by atoms with Crippen molar-refractivity contribution in [2.24, 2.45) is 5.73 Å². The highest BCUT2D eigenvalue weighted by molar-refractivity contribution is 5.81. The van der Waals surface area contributed by atoms with Gasteiger partial charge in [0.25, 0.3) is 0 Å². The van der Waals surface area contributed by atoms with Gasteiger partial charge in [0, 0.05) is 6.04 Å². The van der Waals surface area contributed by atoms with Crippen molar-refractivity contribution in [2.45, 2.75) is 24.9 Å². The van der Waals surface area contributed by atoms with Gasteiger partial charge in [0.1, 0.15) is 11.9 Å². The van der Waals surface area contributed by atoms with Crippen LogP contribution in [0.15, 0.2) is 48.5 Å². The molecule has 108 valence electrons. The first kappa shape index (κ1) is 13.8. The molecule has 0 saturated carbocycles. The summed E-state index contributed by atoms with van der Waals surface area (Å²) in [6.07, 6.45) is 1.65. The van der Waals surface area contributed by atoms with Crippen LogP contribution >= 0.6 is 0 Å². The summed E-state index contributed by atoms with van der Waals surface area (Å²) in [6.45, 7) is 0. The van der Waals surface area contributed by atoms with E-state index in [1.807, 2.05) is 30.3 Å². The number of primary amides is 1. The fraction of sp³-hybridized carbons (Fsp3) is 0.235. The highest BCUT2D eigenvalue weighted by atomic mass is 19.1. The number of nitrogens with two attached hydrogens (primary N) is 1. The maximum absolute atomic E-state index is 13.3. The molecule has 1 amide bonds. The second kappa shape index (κ2) is 5.66. The van der Waals surface area contributed by atoms with Gasteiger partial charge in [-0.05, 0) is 41.7 Å². The first-order chi connectivity index (χ1) is 10.1. The van der Waals surface area contributed by atoms with Crippen LogP contribution in [0, 0.1) is 5.82 Å². The molecule has 2 atom stereocenters. The lowest BCUT2D eigenvalue weighted by molar-refractivity contribution is -0.120. The average molecular weight is 284 g/mol. The molecule has 0 unspecified atom stereocenters. The number of hydrogen-bond donors (Lipinski definition) is 2. The first-order valence-corrected chi connectivity index (χ1v) is 7.04. The molecule has 3 N–H and O–H groups in total. The van der Waals surface area contributed by atoms with Crippen molar-refractivity contribution >= 4 is 5.91 Å². The van der Waals surface area contributed by atoms with Gasteiger partial charge in [-0.3, -0.25) is 10.1 Å². The molecule has 0 saturated heterocycles. The van der Waals surface area contributed by atoms with Gasteiger partial charge in [0.05, 0.1) is 0 Å². The van der Waals surface area contributed by atoms with Gasteiger partial charge in [-0.2, -0.15) is 0 Å². The summed E-state index contributed by atoms with van der Waals surface area (Å²) in [5.74, 6) is -0.624. The van der Waals surface area contributed by atoms with Crippen molar-refractivity contribution in [3.05, 3.63) is 71.0 Å². The molecule has 0 bridgehead atoms. The van der Waals surface area contributed by atoms with Gasteiger partial charge in [-0.15, -0.1) is 0 Å². The SMILES string of the molecule is NC(=O)[C@H](N[C@H]1CCc2cc(F)ccc21)c1ccccc1. The third kappa shape index (κ3) is 2.81. The van der Waals surface area contributed by atoms with Crippen LogP contribution in [0.25, 0.3) is 0 Å². The monoisotopic (exact) mass is 284 g/mol. The minimum absolute atomic E-state index is 0.0262. The number of carbonyl (C=O) groups is 1. The Bertz CT molecular complexity index is 657. The number of nitrogens with one attached hydrogen (secondary N) is 1. The maximum Gasteiger partial charge on any atom is 0.239 e. The minimum atomic E-state index is -0.535. The van der Waals surface area contributed by atoms with Gasteiger partial charge < -0.3 is 5.73 Å². The predicted molar refractivity (Wildman–Crippen MR) is 79.0 cm³/mol. The standard InChI is InChI=1S/C17H17FN2O/c18-13-7-8-14-12(10-13)6-9-15(14)20-16(17(19)21)11-4-2-1-3-5-11/h1-5,7-8,10,15-16,20H,6,9H2,(H2,19,21)/t15-,16+/m0/s1. The Morgan fingerprint density at radius 3 is 2.71 bits per heavy atom. The Balaban J connectivity index is 1.85. The number of benzene rings is 2. The Hall–Kier alpha value is -2.20. The van der Waals surface area contributed by atoms with Gasteiger partial charge in [0.15, 0.2) is 0 Å². The van der Waals surface area contributed by atoms with Gasteiger partial charge in [-0.1, -0.05) is 36.4 Å². The number of hydrogen-bond acceptors (Lipinski definition) is 2. The molecule has 21 heavy (non-hydrogen) atoms. The van der Waals surface area contributed by atoms with E-state index in [0.29, 0.717) is 0 Å². The van der Waals surface area contributed by atoms with Crippen LogP contribution in [-0.4, -0.2) is 5.91 Å². The Labute approximate surface area is 123 Å². The molecular weight excluding hydrogens is 267 g/mol. The van der Waals surface area contributed by atoms with Crippen molar-refractivity contribution in [3.63, 3.8) is 0 Å². The normalized spacial score (nSPS) is 18.2. The number of carbonyl (C=O) groups excluding carboxylic acids is 1. The van der Waals surface area contributed by atoms with Crippen molar-refractivity contribution in [2.75, 3.05) is 0 Å². The highest BCUT2D eigenvalue weighted by Gasteiger charge is 2.27. The molecule has 4 heteroatoms. The smallest absolute Gasteiger partial charge is 0.239 e. The van der Waals surface area contributed by atoms with Crippen molar-refractivity contribution in [3.8, 4) is 0 Å². The van der Waals surface area contributed by atoms with Crippen LogP contribution < -0.4 is 11.1 Å². The Morgan fingerprint density at radius 2 is 2.00 bits per heavy atom. The van der Waals surface area contributed by atoms with E-state index in [-0.39, 0.29) is 11.9 Å². The average Bonchev–Trinajstić information content (AvgIpc) is 2.87. The number of rotatable bonds is 4. The largest absolute Gasteiger partial charge is 0.368 e. The number of amides is 1. The van der Waals surface area contributed by atoms with Crippen LogP contribution in [0.3, 0.4) is 0 Å². The topological polar surface area (TPSA) is 55.1 Å². The third-order valence-corrected chi connectivity index (χ3v) is 3.97. The molecule has 0 spiro atoms. The second-order valence-electron chi connectivity index (χ2n) is 5.35. The van der Waals surface area contributed by atoms with E-state index >= 15 is 0 Å². The fourth-order valence-corrected chi connectivity index (χ4v) is 2.95. The molecule has 3 rings (SSSR count). The minimum Gasteiger partial charge on any atom is -0.368 e. The number of halogens is 1. The van der Waals surface area contributed by atoms with Crippen LogP contribution in [0.4, 0.5) is 4.39 Å². The Kier molecular flexibility index (Phi) is 3.71. The van der Waals surface area contributed by atoms with E-state index in [1.165, 1.54) is 6.07 Å². The summed E-state index contributed by atoms with van der Waals surface area (Å²) in [5.41, 5.74) is 8.43. The van der Waals surface area contributed by atoms with E-state index in [0.717, 1.165) is 29.5 Å². The summed E-state index contributed by atoms with van der Waals surface area (Å²) in [5, 5.41) is 3.31. The summed E-state index contributed by atoms with van der Waals surface area (Å²) in [7, 11) is 0. The molecule has 2 aromatic rings. The molecule has 3 nitrogen and oxygen atoms in total. The van der Waals surface area contributed by atoms with Gasteiger partial charge >= 0.3 is 0 Å². The number of aryl methyl sites for hydroxylation is 1. The lowest BCUT2D eigenvalue weighted by atomic mass is 10.0. The molecule has 0 radical (unpaired) electrons. The summed E-state index contributed by atoms with van der Waals surface area (Å²) < 4.78 is 13.3. The van der Waals surface area contributed by atoms with Gasteiger partial charge in [-0.25, -0.2) is 4.39 Å². The molecule has 0 heterocycles. The molecule has 2 aromatic carbocycles. The lowest BCUT2D eigenvalue weighted by Gasteiger charge is -2.21.